The lowest BCUT2D eigenvalue weighted by molar-refractivity contribution is 0.0950. The van der Waals surface area contributed by atoms with Crippen molar-refractivity contribution in [2.75, 3.05) is 0 Å². The number of nitrogens with zero attached hydrogens (tertiary/aromatic N) is 2. The van der Waals surface area contributed by atoms with Gasteiger partial charge in [-0.2, -0.15) is 0 Å². The van der Waals surface area contributed by atoms with Gasteiger partial charge in [-0.15, -0.1) is 0 Å². The number of benzene rings is 2. The Bertz CT molecular complexity index is 1090. The number of ether oxygens (including phenoxy) is 1. The number of nitrogens with one attached hydrogen (secondary N) is 1. The summed E-state index contributed by atoms with van der Waals surface area (Å²) in [5, 5.41) is 2.90. The van der Waals surface area contributed by atoms with Gasteiger partial charge in [0.25, 0.3) is 5.91 Å². The zero-order chi connectivity index (χ0) is 19.3. The first-order chi connectivity index (χ1) is 13.7. The van der Waals surface area contributed by atoms with Crippen LogP contribution in [0, 0.1) is 0 Å². The molecule has 2 aromatic carbocycles. The Balaban J connectivity index is 1.33. The molecule has 4 rings (SSSR count). The second kappa shape index (κ2) is 8.27. The van der Waals surface area contributed by atoms with Crippen molar-refractivity contribution in [1.29, 1.82) is 0 Å². The summed E-state index contributed by atoms with van der Waals surface area (Å²) < 4.78 is 8.65. The Morgan fingerprint density at radius 3 is 2.57 bits per heavy atom. The quantitative estimate of drug-likeness (QED) is 0.481. The molecule has 2 heterocycles. The molecule has 0 spiro atoms. The van der Waals surface area contributed by atoms with Crippen LogP contribution < -0.4 is 10.1 Å². The molecular formula is C22H18BrN3O2. The minimum Gasteiger partial charge on any atom is -0.489 e. The van der Waals surface area contributed by atoms with Crippen LogP contribution in [0.25, 0.3) is 5.65 Å². The number of pyridine rings is 1. The molecule has 1 amide bonds. The first-order valence-corrected chi connectivity index (χ1v) is 9.65. The molecule has 5 nitrogen and oxygen atoms in total. The number of rotatable bonds is 6. The fraction of sp³-hybridized carbons (Fsp3) is 0.0909. The van der Waals surface area contributed by atoms with Crippen LogP contribution in [0.15, 0.2) is 83.6 Å². The molecule has 0 aliphatic carbocycles. The molecule has 0 fully saturated rings. The van der Waals surface area contributed by atoms with Crippen LogP contribution in [0.4, 0.5) is 0 Å². The normalized spacial score (nSPS) is 10.8. The van der Waals surface area contributed by atoms with Crippen molar-refractivity contribution in [3.05, 3.63) is 100 Å². The minimum atomic E-state index is -0.146. The first kappa shape index (κ1) is 18.3. The van der Waals surface area contributed by atoms with E-state index in [1.807, 2.05) is 59.3 Å². The predicted octanol–water partition coefficient (Wildman–Crippen LogP) is 4.61. The molecule has 0 saturated carbocycles. The van der Waals surface area contributed by atoms with Crippen molar-refractivity contribution in [2.24, 2.45) is 0 Å². The van der Waals surface area contributed by atoms with E-state index in [-0.39, 0.29) is 5.91 Å². The Morgan fingerprint density at radius 1 is 1.00 bits per heavy atom. The van der Waals surface area contributed by atoms with Crippen LogP contribution in [0.2, 0.25) is 0 Å². The Labute approximate surface area is 171 Å². The maximum absolute atomic E-state index is 12.4. The number of hydrogen-bond donors (Lipinski definition) is 1. The Hall–Kier alpha value is -3.12. The summed E-state index contributed by atoms with van der Waals surface area (Å²) in [4.78, 5) is 16.9. The van der Waals surface area contributed by atoms with Crippen LogP contribution in [-0.2, 0) is 13.2 Å². The summed E-state index contributed by atoms with van der Waals surface area (Å²) in [5.41, 5.74) is 3.32. The van der Waals surface area contributed by atoms with Crippen molar-refractivity contribution in [3.63, 3.8) is 0 Å². The van der Waals surface area contributed by atoms with Gasteiger partial charge in [-0.3, -0.25) is 4.79 Å². The highest BCUT2D eigenvalue weighted by atomic mass is 79.9. The molecule has 0 aliphatic rings. The molecule has 0 unspecified atom stereocenters. The van der Waals surface area contributed by atoms with Gasteiger partial charge in [0.1, 0.15) is 18.0 Å². The third-order valence-corrected chi connectivity index (χ3v) is 4.73. The van der Waals surface area contributed by atoms with E-state index in [4.69, 9.17) is 4.74 Å². The molecule has 6 heteroatoms. The molecule has 1 N–H and O–H groups in total. The topological polar surface area (TPSA) is 55.6 Å². The Morgan fingerprint density at radius 2 is 1.79 bits per heavy atom. The van der Waals surface area contributed by atoms with Gasteiger partial charge < -0.3 is 14.5 Å². The molecule has 0 atom stereocenters. The second-order valence-electron chi connectivity index (χ2n) is 6.33. The van der Waals surface area contributed by atoms with Gasteiger partial charge in [0.05, 0.1) is 12.2 Å². The monoisotopic (exact) mass is 435 g/mol. The average Bonchev–Trinajstić information content (AvgIpc) is 3.13. The van der Waals surface area contributed by atoms with E-state index >= 15 is 0 Å². The molecular weight excluding hydrogens is 418 g/mol. The third-order valence-electron chi connectivity index (χ3n) is 4.26. The van der Waals surface area contributed by atoms with Crippen molar-refractivity contribution in [1.82, 2.24) is 14.7 Å². The number of aromatic nitrogens is 2. The first-order valence-electron chi connectivity index (χ1n) is 8.85. The molecule has 2 aromatic heterocycles. The zero-order valence-electron chi connectivity index (χ0n) is 15.0. The van der Waals surface area contributed by atoms with E-state index in [9.17, 15) is 4.79 Å². The minimum absolute atomic E-state index is 0.146. The molecule has 0 bridgehead atoms. The van der Waals surface area contributed by atoms with E-state index in [1.54, 1.807) is 24.3 Å². The molecule has 0 aliphatic heterocycles. The summed E-state index contributed by atoms with van der Waals surface area (Å²) in [6, 6.07) is 21.0. The van der Waals surface area contributed by atoms with Crippen LogP contribution >= 0.6 is 15.9 Å². The van der Waals surface area contributed by atoms with Crippen LogP contribution in [0.5, 0.6) is 5.75 Å². The summed E-state index contributed by atoms with van der Waals surface area (Å²) in [7, 11) is 0. The average molecular weight is 436 g/mol. The number of fused-ring (bicyclic) bond motifs is 1. The highest BCUT2D eigenvalue weighted by Crippen LogP contribution is 2.15. The van der Waals surface area contributed by atoms with Gasteiger partial charge in [-0.25, -0.2) is 4.98 Å². The molecule has 4 aromatic rings. The summed E-state index contributed by atoms with van der Waals surface area (Å²) in [5.74, 6) is 0.583. The third kappa shape index (κ3) is 4.40. The van der Waals surface area contributed by atoms with Crippen LogP contribution in [0.1, 0.15) is 21.6 Å². The van der Waals surface area contributed by atoms with Crippen LogP contribution in [-0.4, -0.2) is 15.3 Å². The lowest BCUT2D eigenvalue weighted by atomic mass is 10.2. The number of amides is 1. The summed E-state index contributed by atoms with van der Waals surface area (Å²) in [6.07, 6.45) is 3.84. The molecule has 0 saturated heterocycles. The van der Waals surface area contributed by atoms with Crippen LogP contribution in [0.3, 0.4) is 0 Å². The summed E-state index contributed by atoms with van der Waals surface area (Å²) >= 11 is 3.44. The predicted molar refractivity (Wildman–Crippen MR) is 111 cm³/mol. The molecule has 140 valence electrons. The largest absolute Gasteiger partial charge is 0.489 e. The number of imidazole rings is 1. The fourth-order valence-electron chi connectivity index (χ4n) is 2.82. The SMILES string of the molecule is O=C(NCc1cn2cc(Br)ccc2n1)c1ccc(OCc2ccccc2)cc1. The number of hydrogen-bond acceptors (Lipinski definition) is 3. The summed E-state index contributed by atoms with van der Waals surface area (Å²) in [6.45, 7) is 0.862. The molecule has 28 heavy (non-hydrogen) atoms. The number of carbonyl (C=O) groups is 1. The highest BCUT2D eigenvalue weighted by Gasteiger charge is 2.08. The highest BCUT2D eigenvalue weighted by molar-refractivity contribution is 9.10. The van der Waals surface area contributed by atoms with E-state index in [0.717, 1.165) is 27.1 Å². The van der Waals surface area contributed by atoms with E-state index in [2.05, 4.69) is 26.2 Å². The van der Waals surface area contributed by atoms with Gasteiger partial charge in [0.15, 0.2) is 0 Å². The number of carbonyl (C=O) groups excluding carboxylic acids is 1. The second-order valence-corrected chi connectivity index (χ2v) is 7.24. The zero-order valence-corrected chi connectivity index (χ0v) is 16.6. The molecule has 0 radical (unpaired) electrons. The van der Waals surface area contributed by atoms with Crippen molar-refractivity contribution < 1.29 is 9.53 Å². The van der Waals surface area contributed by atoms with Gasteiger partial charge >= 0.3 is 0 Å². The van der Waals surface area contributed by atoms with E-state index in [1.165, 1.54) is 0 Å². The lowest BCUT2D eigenvalue weighted by Gasteiger charge is -2.07. The number of halogens is 1. The van der Waals surface area contributed by atoms with Crippen molar-refractivity contribution >= 4 is 27.5 Å². The van der Waals surface area contributed by atoms with Gasteiger partial charge in [-0.05, 0) is 57.9 Å². The van der Waals surface area contributed by atoms with Gasteiger partial charge in [0, 0.05) is 22.4 Å². The van der Waals surface area contributed by atoms with Gasteiger partial charge in [-0.1, -0.05) is 30.3 Å². The van der Waals surface area contributed by atoms with E-state index < -0.39 is 0 Å². The Kier molecular flexibility index (Phi) is 5.39. The lowest BCUT2D eigenvalue weighted by Crippen LogP contribution is -2.22. The van der Waals surface area contributed by atoms with Crippen molar-refractivity contribution in [2.45, 2.75) is 13.2 Å². The standard InChI is InChI=1S/C22H18BrN3O2/c23-18-8-11-21-25-19(14-26(21)13-18)12-24-22(27)17-6-9-20(10-7-17)28-15-16-4-2-1-3-5-16/h1-11,13-14H,12,15H2,(H,24,27). The van der Waals surface area contributed by atoms with E-state index in [0.29, 0.717) is 18.7 Å². The maximum atomic E-state index is 12.4. The maximum Gasteiger partial charge on any atom is 0.251 e. The van der Waals surface area contributed by atoms with Gasteiger partial charge in [0.2, 0.25) is 0 Å². The van der Waals surface area contributed by atoms with Crippen molar-refractivity contribution in [3.8, 4) is 5.75 Å². The fourth-order valence-corrected chi connectivity index (χ4v) is 3.17. The smallest absolute Gasteiger partial charge is 0.251 e.